The van der Waals surface area contributed by atoms with Gasteiger partial charge >= 0.3 is 0 Å². The second kappa shape index (κ2) is 5.03. The molecule has 0 radical (unpaired) electrons. The molecule has 0 bridgehead atoms. The minimum Gasteiger partial charge on any atom is -0.394 e. The number of hydrogen-bond acceptors (Lipinski definition) is 4. The quantitative estimate of drug-likeness (QED) is 0.895. The summed E-state index contributed by atoms with van der Waals surface area (Å²) in [5.74, 6) is 1.47. The normalized spacial score (nSPS) is 24.9. The maximum Gasteiger partial charge on any atom is 0.150 e. The molecule has 1 aliphatic heterocycles. The van der Waals surface area contributed by atoms with Gasteiger partial charge in [0.15, 0.2) is 0 Å². The first-order chi connectivity index (χ1) is 8.40. The molecule has 0 spiro atoms. The lowest BCUT2D eigenvalue weighted by Gasteiger charge is -2.36. The molecule has 1 fully saturated rings. The van der Waals surface area contributed by atoms with Gasteiger partial charge in [0.05, 0.1) is 11.4 Å². The summed E-state index contributed by atoms with van der Waals surface area (Å²) in [5.41, 5.74) is 8.17. The monoisotopic (exact) mass is 268 g/mol. The molecule has 1 aliphatic rings. The lowest BCUT2D eigenvalue weighted by atomic mass is 10.1. The molecule has 0 aromatic carbocycles. The highest BCUT2D eigenvalue weighted by Crippen LogP contribution is 2.34. The first kappa shape index (κ1) is 13.6. The highest BCUT2D eigenvalue weighted by Gasteiger charge is 2.27. The summed E-state index contributed by atoms with van der Waals surface area (Å²) in [5, 5.41) is 5.87. The zero-order chi connectivity index (χ0) is 13.4. The van der Waals surface area contributed by atoms with Crippen LogP contribution >= 0.6 is 11.8 Å². The molecule has 2 unspecified atom stereocenters. The number of nitrogens with two attached hydrogens (primary N) is 1. The number of thioether (sulfide) groups is 1. The molecule has 0 aliphatic carbocycles. The van der Waals surface area contributed by atoms with Gasteiger partial charge in [0, 0.05) is 30.6 Å². The van der Waals surface area contributed by atoms with Crippen LogP contribution in [0.5, 0.6) is 0 Å². The average Bonchev–Trinajstić information content (AvgIpc) is 2.52. The molecule has 0 saturated carbocycles. The molecule has 1 aromatic rings. The van der Waals surface area contributed by atoms with Crippen LogP contribution in [0.15, 0.2) is 0 Å². The Morgan fingerprint density at radius 1 is 1.28 bits per heavy atom. The van der Waals surface area contributed by atoms with Crippen LogP contribution in [0.4, 0.5) is 11.5 Å². The van der Waals surface area contributed by atoms with Crippen LogP contribution in [-0.4, -0.2) is 33.4 Å². The van der Waals surface area contributed by atoms with Crippen molar-refractivity contribution >= 4 is 23.3 Å². The van der Waals surface area contributed by atoms with Crippen LogP contribution in [0.2, 0.25) is 0 Å². The van der Waals surface area contributed by atoms with Crippen molar-refractivity contribution in [3.63, 3.8) is 0 Å². The van der Waals surface area contributed by atoms with Crippen molar-refractivity contribution in [1.82, 2.24) is 9.78 Å². The Bertz CT molecular complexity index is 417. The number of nitrogens with zero attached hydrogens (tertiary/aromatic N) is 3. The van der Waals surface area contributed by atoms with Crippen molar-refractivity contribution in [2.45, 2.75) is 44.1 Å². The fraction of sp³-hybridized carbons (Fsp3) is 0.769. The zero-order valence-electron chi connectivity index (χ0n) is 12.0. The van der Waals surface area contributed by atoms with Gasteiger partial charge in [-0.25, -0.2) is 0 Å². The SMILES string of the molecule is CC1CN(c2c(N)c(C(C)C)nn2C)CC(C)S1. The Morgan fingerprint density at radius 3 is 2.28 bits per heavy atom. The van der Waals surface area contributed by atoms with Crippen molar-refractivity contribution in [2.24, 2.45) is 7.05 Å². The highest BCUT2D eigenvalue weighted by molar-refractivity contribution is 8.00. The molecule has 2 heterocycles. The lowest BCUT2D eigenvalue weighted by molar-refractivity contribution is 0.661. The summed E-state index contributed by atoms with van der Waals surface area (Å²) in [6.07, 6.45) is 0. The van der Waals surface area contributed by atoms with Crippen LogP contribution in [0.25, 0.3) is 0 Å². The summed E-state index contributed by atoms with van der Waals surface area (Å²) in [6, 6.07) is 0. The Labute approximate surface area is 114 Å². The molecular weight excluding hydrogens is 244 g/mol. The van der Waals surface area contributed by atoms with E-state index in [1.165, 1.54) is 0 Å². The molecular formula is C13H24N4S. The minimum absolute atomic E-state index is 0.374. The molecule has 18 heavy (non-hydrogen) atoms. The minimum atomic E-state index is 0.374. The summed E-state index contributed by atoms with van der Waals surface area (Å²) in [6.45, 7) is 10.9. The van der Waals surface area contributed by atoms with E-state index in [9.17, 15) is 0 Å². The fourth-order valence-corrected chi connectivity index (χ4v) is 4.03. The van der Waals surface area contributed by atoms with Gasteiger partial charge < -0.3 is 10.6 Å². The van der Waals surface area contributed by atoms with Crippen LogP contribution in [0, 0.1) is 0 Å². The number of aryl methyl sites for hydroxylation is 1. The first-order valence-corrected chi connectivity index (χ1v) is 7.57. The van der Waals surface area contributed by atoms with Gasteiger partial charge in [-0.15, -0.1) is 0 Å². The van der Waals surface area contributed by atoms with Gasteiger partial charge in [-0.05, 0) is 5.92 Å². The molecule has 1 saturated heterocycles. The van der Waals surface area contributed by atoms with Crippen molar-refractivity contribution in [3.05, 3.63) is 5.69 Å². The molecule has 1 aromatic heterocycles. The van der Waals surface area contributed by atoms with Crippen LogP contribution in [0.3, 0.4) is 0 Å². The van der Waals surface area contributed by atoms with E-state index in [-0.39, 0.29) is 0 Å². The third-order valence-electron chi connectivity index (χ3n) is 3.35. The number of aromatic nitrogens is 2. The Balaban J connectivity index is 2.33. The van der Waals surface area contributed by atoms with Gasteiger partial charge in [0.1, 0.15) is 5.82 Å². The Hall–Kier alpha value is -0.840. The Kier molecular flexibility index (Phi) is 3.80. The first-order valence-electron chi connectivity index (χ1n) is 6.63. The van der Waals surface area contributed by atoms with Gasteiger partial charge in [-0.3, -0.25) is 4.68 Å². The summed E-state index contributed by atoms with van der Waals surface area (Å²) in [7, 11) is 1.99. The van der Waals surface area contributed by atoms with E-state index >= 15 is 0 Å². The summed E-state index contributed by atoms with van der Waals surface area (Å²) >= 11 is 2.05. The van der Waals surface area contributed by atoms with Crippen LogP contribution < -0.4 is 10.6 Å². The van der Waals surface area contributed by atoms with Crippen molar-refractivity contribution in [2.75, 3.05) is 23.7 Å². The molecule has 0 amide bonds. The number of rotatable bonds is 2. The van der Waals surface area contributed by atoms with Gasteiger partial charge in [-0.1, -0.05) is 27.7 Å². The molecule has 2 N–H and O–H groups in total. The second-order valence-electron chi connectivity index (χ2n) is 5.56. The lowest BCUT2D eigenvalue weighted by Crippen LogP contribution is -2.41. The van der Waals surface area contributed by atoms with E-state index in [0.717, 1.165) is 30.3 Å². The van der Waals surface area contributed by atoms with Crippen molar-refractivity contribution < 1.29 is 0 Å². The number of anilines is 2. The van der Waals surface area contributed by atoms with Gasteiger partial charge in [-0.2, -0.15) is 16.9 Å². The predicted octanol–water partition coefficient (Wildman–Crippen LogP) is 2.46. The number of hydrogen-bond donors (Lipinski definition) is 1. The van der Waals surface area contributed by atoms with Gasteiger partial charge in [0.25, 0.3) is 0 Å². The molecule has 4 nitrogen and oxygen atoms in total. The molecule has 2 rings (SSSR count). The molecule has 102 valence electrons. The average molecular weight is 268 g/mol. The summed E-state index contributed by atoms with van der Waals surface area (Å²) in [4.78, 5) is 2.39. The van der Waals surface area contributed by atoms with Crippen LogP contribution in [0.1, 0.15) is 39.3 Å². The maximum absolute atomic E-state index is 6.30. The van der Waals surface area contributed by atoms with Crippen molar-refractivity contribution in [1.29, 1.82) is 0 Å². The van der Waals surface area contributed by atoms with E-state index in [1.54, 1.807) is 0 Å². The second-order valence-corrected chi connectivity index (χ2v) is 7.44. The third kappa shape index (κ3) is 2.46. The van der Waals surface area contributed by atoms with Crippen molar-refractivity contribution in [3.8, 4) is 0 Å². The van der Waals surface area contributed by atoms with E-state index in [1.807, 2.05) is 11.7 Å². The molecule has 5 heteroatoms. The van der Waals surface area contributed by atoms with E-state index in [4.69, 9.17) is 5.73 Å². The smallest absolute Gasteiger partial charge is 0.150 e. The predicted molar refractivity (Wildman–Crippen MR) is 80.4 cm³/mol. The van der Waals surface area contributed by atoms with E-state index < -0.39 is 0 Å². The maximum atomic E-state index is 6.30. The summed E-state index contributed by atoms with van der Waals surface area (Å²) < 4.78 is 1.94. The fourth-order valence-electron chi connectivity index (χ4n) is 2.70. The van der Waals surface area contributed by atoms with E-state index in [0.29, 0.717) is 16.4 Å². The van der Waals surface area contributed by atoms with Gasteiger partial charge in [0.2, 0.25) is 0 Å². The third-order valence-corrected chi connectivity index (χ3v) is 4.57. The molecule has 2 atom stereocenters. The van der Waals surface area contributed by atoms with E-state index in [2.05, 4.69) is 49.5 Å². The highest BCUT2D eigenvalue weighted by atomic mass is 32.2. The topological polar surface area (TPSA) is 47.1 Å². The number of nitrogen functional groups attached to an aromatic ring is 1. The van der Waals surface area contributed by atoms with Crippen LogP contribution in [-0.2, 0) is 7.05 Å². The largest absolute Gasteiger partial charge is 0.394 e. The standard InChI is InChI=1S/C13H24N4S/c1-8(2)12-11(14)13(16(5)15-12)17-6-9(3)18-10(4)7-17/h8-10H,6-7,14H2,1-5H3. The Morgan fingerprint density at radius 2 is 1.83 bits per heavy atom. The zero-order valence-corrected chi connectivity index (χ0v) is 12.8.